The number of carbonyl (C=O) groups excluding carboxylic acids is 2. The monoisotopic (exact) mass is 870 g/mol. The van der Waals surface area contributed by atoms with Gasteiger partial charge in [0.25, 0.3) is 0 Å². The van der Waals surface area contributed by atoms with Gasteiger partial charge in [0.1, 0.15) is 0 Å². The van der Waals surface area contributed by atoms with Crippen LogP contribution in [0.5, 0.6) is 0 Å². The van der Waals surface area contributed by atoms with Crippen LogP contribution < -0.4 is 0 Å². The van der Waals surface area contributed by atoms with Crippen molar-refractivity contribution in [3.8, 4) is 0 Å². The van der Waals surface area contributed by atoms with Gasteiger partial charge < -0.3 is 9.47 Å². The first kappa shape index (κ1) is 44.1. The highest BCUT2D eigenvalue weighted by Crippen LogP contribution is 2.38. The van der Waals surface area contributed by atoms with E-state index in [0.29, 0.717) is 55.4 Å². The third kappa shape index (κ3) is 9.87. The first-order valence-electron chi connectivity index (χ1n) is 20.9. The van der Waals surface area contributed by atoms with E-state index in [9.17, 15) is 26.4 Å². The molecule has 2 aliphatic carbocycles. The fourth-order valence-corrected chi connectivity index (χ4v) is 11.4. The molecular weight excluding hydrogens is 821 g/mol. The van der Waals surface area contributed by atoms with Crippen molar-refractivity contribution in [2.24, 2.45) is 0 Å². The normalized spacial score (nSPS) is 15.8. The van der Waals surface area contributed by atoms with E-state index < -0.39 is 19.7 Å². The molecule has 2 atom stereocenters. The van der Waals surface area contributed by atoms with Crippen molar-refractivity contribution in [1.29, 1.82) is 0 Å². The molecule has 0 aliphatic heterocycles. The van der Waals surface area contributed by atoms with Crippen molar-refractivity contribution in [3.63, 3.8) is 0 Å². The molecule has 0 unspecified atom stereocenters. The van der Waals surface area contributed by atoms with E-state index in [1.807, 2.05) is 36.4 Å². The second-order valence-electron chi connectivity index (χ2n) is 15.7. The Hall–Kier alpha value is -5.98. The number of hydrogen-bond acceptors (Lipinski definition) is 10. The van der Waals surface area contributed by atoms with Gasteiger partial charge in [-0.15, -0.1) is 0 Å². The highest BCUT2D eigenvalue weighted by Gasteiger charge is 2.27. The molecule has 2 aromatic heterocycles. The maximum Gasteiger partial charge on any atom is 0.338 e. The molecule has 62 heavy (non-hydrogen) atoms. The lowest BCUT2D eigenvalue weighted by Crippen LogP contribution is -2.13. The minimum atomic E-state index is -3.52. The minimum absolute atomic E-state index is 0.314. The van der Waals surface area contributed by atoms with Crippen LogP contribution in [0.3, 0.4) is 0 Å². The van der Waals surface area contributed by atoms with Gasteiger partial charge in [0, 0.05) is 24.8 Å². The van der Waals surface area contributed by atoms with Crippen LogP contribution in [-0.2, 0) is 54.8 Å². The molecule has 320 valence electrons. The van der Waals surface area contributed by atoms with E-state index in [-0.39, 0.29) is 11.9 Å². The van der Waals surface area contributed by atoms with Gasteiger partial charge in [-0.05, 0) is 170 Å². The largest absolute Gasteiger partial charge is 0.465 e. The van der Waals surface area contributed by atoms with Gasteiger partial charge in [-0.1, -0.05) is 48.5 Å². The van der Waals surface area contributed by atoms with E-state index in [4.69, 9.17) is 9.47 Å². The van der Waals surface area contributed by atoms with E-state index in [2.05, 4.69) is 9.97 Å². The molecule has 10 nitrogen and oxygen atoms in total. The molecule has 0 amide bonds. The molecular formula is C50H50N2O8S2. The van der Waals surface area contributed by atoms with Crippen LogP contribution in [0.1, 0.15) is 104 Å². The zero-order chi connectivity index (χ0) is 43.7. The van der Waals surface area contributed by atoms with E-state index in [0.717, 1.165) is 73.6 Å². The van der Waals surface area contributed by atoms with Gasteiger partial charge in [0.05, 0.1) is 44.9 Å². The SMILES string of the molecule is COC(=O)c1ccncc1CC[C@@H]1CCCc2cc(S(=O)(=O)c3ccccc3)ccc21.COC(=O)c1ccncc1CC[C@H]1CCCc2cc(S(=O)(=O)c3ccccc3)ccc21. The summed E-state index contributed by atoms with van der Waals surface area (Å²) in [6, 6.07) is 31.5. The number of fused-ring (bicyclic) bond motifs is 2. The minimum Gasteiger partial charge on any atom is -0.465 e. The Kier molecular flexibility index (Phi) is 14.1. The molecule has 4 aromatic carbocycles. The van der Waals surface area contributed by atoms with Crippen LogP contribution >= 0.6 is 0 Å². The van der Waals surface area contributed by atoms with Gasteiger partial charge >= 0.3 is 11.9 Å². The summed E-state index contributed by atoms with van der Waals surface area (Å²) >= 11 is 0. The highest BCUT2D eigenvalue weighted by molar-refractivity contribution is 7.91. The first-order chi connectivity index (χ1) is 30.0. The number of rotatable bonds is 12. The fourth-order valence-electron chi connectivity index (χ4n) is 8.72. The van der Waals surface area contributed by atoms with Crippen LogP contribution in [0.25, 0.3) is 0 Å². The number of hydrogen-bond donors (Lipinski definition) is 0. The molecule has 0 saturated carbocycles. The molecule has 6 aromatic rings. The van der Waals surface area contributed by atoms with Crippen LogP contribution in [0.15, 0.2) is 154 Å². The number of esters is 2. The number of aryl methyl sites for hydroxylation is 4. The Labute approximate surface area is 364 Å². The zero-order valence-electron chi connectivity index (χ0n) is 34.9. The van der Waals surface area contributed by atoms with Gasteiger partial charge in [-0.25, -0.2) is 26.4 Å². The summed E-state index contributed by atoms with van der Waals surface area (Å²) in [6.07, 6.45) is 15.7. The predicted molar refractivity (Wildman–Crippen MR) is 236 cm³/mol. The summed E-state index contributed by atoms with van der Waals surface area (Å²) in [5.74, 6) is -0.0553. The molecule has 0 saturated heterocycles. The molecule has 0 bridgehead atoms. The van der Waals surface area contributed by atoms with E-state index in [1.165, 1.54) is 25.3 Å². The van der Waals surface area contributed by atoms with E-state index in [1.54, 1.807) is 97.6 Å². The Morgan fingerprint density at radius 3 is 1.34 bits per heavy atom. The quantitative estimate of drug-likeness (QED) is 0.109. The lowest BCUT2D eigenvalue weighted by atomic mass is 9.80. The smallest absolute Gasteiger partial charge is 0.338 e. The molecule has 2 heterocycles. The Morgan fingerprint density at radius 1 is 0.548 bits per heavy atom. The standard InChI is InChI=1S/2C25H25NO4S/c2*1-30-25(27)24-14-15-26-17-20(24)11-10-18-6-5-7-19-16-22(12-13-23(18)19)31(28,29)21-8-3-2-4-9-21/h2*2-4,8-9,12-18H,5-7,10-11H2,1H3/t2*18-/m10/s1. The number of methoxy groups -OCH3 is 2. The third-order valence-corrected chi connectivity index (χ3v) is 15.5. The second kappa shape index (κ2) is 19.8. The van der Waals surface area contributed by atoms with Crippen molar-refractivity contribution >= 4 is 31.6 Å². The molecule has 0 N–H and O–H groups in total. The van der Waals surface area contributed by atoms with Crippen LogP contribution in [0.2, 0.25) is 0 Å². The molecule has 0 fully saturated rings. The van der Waals surface area contributed by atoms with E-state index >= 15 is 0 Å². The Bertz CT molecular complexity index is 2570. The topological polar surface area (TPSA) is 147 Å². The number of carbonyl (C=O) groups is 2. The van der Waals surface area contributed by atoms with Gasteiger partial charge in [-0.3, -0.25) is 9.97 Å². The number of aromatic nitrogens is 2. The molecule has 12 heteroatoms. The number of ether oxygens (including phenoxy) is 2. The highest BCUT2D eigenvalue weighted by atomic mass is 32.2. The average Bonchev–Trinajstić information content (AvgIpc) is 3.32. The van der Waals surface area contributed by atoms with Crippen LogP contribution in [0, 0.1) is 0 Å². The summed E-state index contributed by atoms with van der Waals surface area (Å²) in [4.78, 5) is 33.7. The Morgan fingerprint density at radius 2 is 0.952 bits per heavy atom. The average molecular weight is 871 g/mol. The van der Waals surface area contributed by atoms with Crippen molar-refractivity contribution < 1.29 is 35.9 Å². The van der Waals surface area contributed by atoms with Crippen molar-refractivity contribution in [1.82, 2.24) is 9.97 Å². The summed E-state index contributed by atoms with van der Waals surface area (Å²) < 4.78 is 61.7. The zero-order valence-corrected chi connectivity index (χ0v) is 36.5. The fraction of sp³-hybridized carbons (Fsp3) is 0.280. The molecule has 2 aliphatic rings. The lowest BCUT2D eigenvalue weighted by molar-refractivity contribution is 0.0590. The number of sulfone groups is 2. The molecule has 8 rings (SSSR count). The molecule has 0 radical (unpaired) electrons. The second-order valence-corrected chi connectivity index (χ2v) is 19.6. The summed E-state index contributed by atoms with van der Waals surface area (Å²) in [5, 5.41) is 0. The molecule has 0 spiro atoms. The van der Waals surface area contributed by atoms with Gasteiger partial charge in [-0.2, -0.15) is 0 Å². The lowest BCUT2D eigenvalue weighted by Gasteiger charge is -2.26. The van der Waals surface area contributed by atoms with Crippen molar-refractivity contribution in [2.75, 3.05) is 14.2 Å². The summed E-state index contributed by atoms with van der Waals surface area (Å²) in [6.45, 7) is 0. The number of nitrogens with zero attached hydrogens (tertiary/aromatic N) is 2. The van der Waals surface area contributed by atoms with Crippen LogP contribution in [0.4, 0.5) is 0 Å². The number of benzene rings is 4. The van der Waals surface area contributed by atoms with Crippen LogP contribution in [-0.4, -0.2) is 53.0 Å². The number of pyridine rings is 2. The first-order valence-corrected chi connectivity index (χ1v) is 23.9. The summed E-state index contributed by atoms with van der Waals surface area (Å²) in [5.41, 5.74) is 7.49. The van der Waals surface area contributed by atoms with Gasteiger partial charge in [0.15, 0.2) is 0 Å². The third-order valence-electron chi connectivity index (χ3n) is 12.0. The van der Waals surface area contributed by atoms with Crippen molar-refractivity contribution in [3.05, 3.63) is 178 Å². The maximum atomic E-state index is 13.0. The predicted octanol–water partition coefficient (Wildman–Crippen LogP) is 9.51. The van der Waals surface area contributed by atoms with Gasteiger partial charge in [0.2, 0.25) is 19.7 Å². The Balaban J connectivity index is 0.000000186. The maximum absolute atomic E-state index is 13.0. The summed E-state index contributed by atoms with van der Waals surface area (Å²) in [7, 11) is -4.29. The van der Waals surface area contributed by atoms with Crippen molar-refractivity contribution in [2.45, 2.75) is 95.6 Å².